The molecule has 0 heterocycles. The van der Waals surface area contributed by atoms with Gasteiger partial charge in [0.15, 0.2) is 11.6 Å². The third-order valence-electron chi connectivity index (χ3n) is 7.31. The second-order valence-corrected chi connectivity index (χ2v) is 11.5. The Balaban J connectivity index is 0.000000285. The minimum atomic E-state index is -0.147. The van der Waals surface area contributed by atoms with E-state index in [9.17, 15) is 14.4 Å². The van der Waals surface area contributed by atoms with Crippen molar-refractivity contribution in [2.45, 2.75) is 0 Å². The third-order valence-corrected chi connectivity index (χ3v) is 7.31. The molecule has 0 unspecified atom stereocenters. The fourth-order valence-corrected chi connectivity index (χ4v) is 4.52. The van der Waals surface area contributed by atoms with Crippen molar-refractivity contribution in [1.82, 2.24) is 0 Å². The molecule has 0 fully saturated rings. The molecule has 6 aromatic rings. The first-order valence-electron chi connectivity index (χ1n) is 17.4. The van der Waals surface area contributed by atoms with Gasteiger partial charge in [-0.2, -0.15) is 24.3 Å². The zero-order valence-corrected chi connectivity index (χ0v) is 33.6. The maximum absolute atomic E-state index is 11.6. The van der Waals surface area contributed by atoms with Gasteiger partial charge in [0.2, 0.25) is 0 Å². The Morgan fingerprint density at radius 2 is 0.625 bits per heavy atom. The molecular formula is C51H40O3Pd2-2. The van der Waals surface area contributed by atoms with Gasteiger partial charge in [0.05, 0.1) is 5.78 Å². The SMILES string of the molecule is O=C(C=Cc1ccccc1)C=Cc1ccccc1.O=C(C=Cc1ccccc1)C=Cc1ccccc1.O=C([C-]=Cc1cc[c-]cc1)C=Cc1ccccc1.[Pd].[Pd]. The van der Waals surface area contributed by atoms with Gasteiger partial charge < -0.3 is 4.79 Å². The Morgan fingerprint density at radius 1 is 0.357 bits per heavy atom. The number of ketones is 3. The fourth-order valence-electron chi connectivity index (χ4n) is 4.52. The Labute approximate surface area is 358 Å². The minimum Gasteiger partial charge on any atom is -0.319 e. The predicted octanol–water partition coefficient (Wildman–Crippen LogP) is 11.5. The average molecular weight is 914 g/mol. The summed E-state index contributed by atoms with van der Waals surface area (Å²) in [4.78, 5) is 34.8. The van der Waals surface area contributed by atoms with Crippen molar-refractivity contribution in [3.05, 3.63) is 252 Å². The molecule has 284 valence electrons. The summed E-state index contributed by atoms with van der Waals surface area (Å²) in [5.74, 6) is -0.169. The minimum absolute atomic E-state index is 0. The Kier molecular flexibility index (Phi) is 23.6. The summed E-state index contributed by atoms with van der Waals surface area (Å²) in [6, 6.07) is 59.1. The van der Waals surface area contributed by atoms with Crippen molar-refractivity contribution in [3.8, 4) is 0 Å². The molecule has 6 rings (SSSR count). The van der Waals surface area contributed by atoms with Crippen LogP contribution in [0.2, 0.25) is 0 Å². The van der Waals surface area contributed by atoms with E-state index >= 15 is 0 Å². The van der Waals surface area contributed by atoms with Gasteiger partial charge in [0.1, 0.15) is 0 Å². The monoisotopic (exact) mass is 912 g/mol. The van der Waals surface area contributed by atoms with E-state index in [2.05, 4.69) is 12.1 Å². The van der Waals surface area contributed by atoms with Crippen LogP contribution in [0.3, 0.4) is 0 Å². The van der Waals surface area contributed by atoms with Crippen LogP contribution in [0.1, 0.15) is 33.4 Å². The van der Waals surface area contributed by atoms with Crippen LogP contribution in [0, 0.1) is 12.1 Å². The van der Waals surface area contributed by atoms with Crippen molar-refractivity contribution in [2.24, 2.45) is 0 Å². The molecule has 0 saturated carbocycles. The summed E-state index contributed by atoms with van der Waals surface area (Å²) < 4.78 is 0. The number of benzene rings is 6. The van der Waals surface area contributed by atoms with E-state index in [-0.39, 0.29) is 58.2 Å². The molecular weight excluding hydrogens is 873 g/mol. The largest absolute Gasteiger partial charge is 0.319 e. The number of allylic oxidation sites excluding steroid dienone is 6. The number of carbonyl (C=O) groups is 3. The fraction of sp³-hybridized carbons (Fsp3) is 0. The average Bonchev–Trinajstić information content (AvgIpc) is 3.24. The van der Waals surface area contributed by atoms with Gasteiger partial charge in [-0.15, -0.1) is 18.2 Å². The quantitative estimate of drug-likeness (QED) is 0.0698. The molecule has 0 spiro atoms. The van der Waals surface area contributed by atoms with E-state index in [1.54, 1.807) is 48.6 Å². The van der Waals surface area contributed by atoms with E-state index < -0.39 is 0 Å². The van der Waals surface area contributed by atoms with Gasteiger partial charge in [0, 0.05) is 40.8 Å². The third kappa shape index (κ3) is 20.5. The number of rotatable bonds is 12. The van der Waals surface area contributed by atoms with Crippen molar-refractivity contribution in [1.29, 1.82) is 0 Å². The first-order valence-corrected chi connectivity index (χ1v) is 17.4. The smallest absolute Gasteiger partial charge is 0.178 e. The van der Waals surface area contributed by atoms with Crippen LogP contribution in [0.25, 0.3) is 36.5 Å². The molecule has 3 nitrogen and oxygen atoms in total. The van der Waals surface area contributed by atoms with E-state index in [1.165, 1.54) is 6.08 Å². The standard InChI is InChI=1S/2C17H14O.C17H12O.2Pd/c3*18-17(13-11-15-7-3-1-4-8-15)14-12-16-9-5-2-6-10-16;;/h2*1-14H;1,3-13H;;/q;;-2;;. The first-order chi connectivity index (χ1) is 26.5. The van der Waals surface area contributed by atoms with Gasteiger partial charge in [-0.05, 0) is 52.1 Å². The molecule has 0 aliphatic heterocycles. The predicted molar refractivity (Wildman–Crippen MR) is 225 cm³/mol. The molecule has 5 heteroatoms. The summed E-state index contributed by atoms with van der Waals surface area (Å²) >= 11 is 0. The van der Waals surface area contributed by atoms with E-state index in [0.717, 1.165) is 33.4 Å². The summed E-state index contributed by atoms with van der Waals surface area (Å²) in [6.07, 6.45) is 21.3. The van der Waals surface area contributed by atoms with Gasteiger partial charge in [-0.1, -0.05) is 176 Å². The summed E-state index contributed by atoms with van der Waals surface area (Å²) in [7, 11) is 0. The molecule has 0 N–H and O–H groups in total. The molecule has 0 atom stereocenters. The molecule has 0 aliphatic rings. The number of hydrogen-bond acceptors (Lipinski definition) is 3. The van der Waals surface area contributed by atoms with Crippen molar-refractivity contribution < 1.29 is 55.2 Å². The maximum Gasteiger partial charge on any atom is 0.178 e. The normalized spacial score (nSPS) is 10.7. The topological polar surface area (TPSA) is 51.2 Å². The van der Waals surface area contributed by atoms with Gasteiger partial charge in [-0.25, -0.2) is 17.7 Å². The van der Waals surface area contributed by atoms with Gasteiger partial charge in [0.25, 0.3) is 0 Å². The molecule has 0 aliphatic carbocycles. The second kappa shape index (κ2) is 28.5. The molecule has 0 amide bonds. The van der Waals surface area contributed by atoms with Crippen LogP contribution in [0.4, 0.5) is 0 Å². The number of carbonyl (C=O) groups excluding carboxylic acids is 3. The van der Waals surface area contributed by atoms with Gasteiger partial charge in [-0.3, -0.25) is 9.59 Å². The molecule has 56 heavy (non-hydrogen) atoms. The summed E-state index contributed by atoms with van der Waals surface area (Å²) in [5.41, 5.74) is 6.05. The van der Waals surface area contributed by atoms with Crippen LogP contribution in [-0.4, -0.2) is 17.3 Å². The summed E-state index contributed by atoms with van der Waals surface area (Å²) in [5, 5.41) is 0. The van der Waals surface area contributed by atoms with Crippen molar-refractivity contribution in [2.75, 3.05) is 0 Å². The van der Waals surface area contributed by atoms with Gasteiger partial charge >= 0.3 is 0 Å². The Hall–Kier alpha value is -5.91. The first kappa shape index (κ1) is 46.2. The zero-order valence-electron chi connectivity index (χ0n) is 30.5. The van der Waals surface area contributed by atoms with Crippen molar-refractivity contribution in [3.63, 3.8) is 0 Å². The van der Waals surface area contributed by atoms with Crippen LogP contribution in [0.5, 0.6) is 0 Å². The van der Waals surface area contributed by atoms with Crippen LogP contribution in [-0.2, 0) is 55.2 Å². The Morgan fingerprint density at radius 3 is 0.911 bits per heavy atom. The number of hydrogen-bond donors (Lipinski definition) is 0. The molecule has 6 aromatic carbocycles. The zero-order chi connectivity index (χ0) is 37.9. The van der Waals surface area contributed by atoms with Crippen LogP contribution < -0.4 is 0 Å². The second-order valence-electron chi connectivity index (χ2n) is 11.5. The molecule has 0 radical (unpaired) electrons. The van der Waals surface area contributed by atoms with E-state index in [0.29, 0.717) is 0 Å². The summed E-state index contributed by atoms with van der Waals surface area (Å²) in [6.45, 7) is 0. The van der Waals surface area contributed by atoms with E-state index in [1.807, 2.05) is 188 Å². The maximum atomic E-state index is 11.6. The Bertz CT molecular complexity index is 1760. The molecule has 0 saturated heterocycles. The van der Waals surface area contributed by atoms with E-state index in [4.69, 9.17) is 0 Å². The van der Waals surface area contributed by atoms with Crippen molar-refractivity contribution >= 4 is 53.8 Å². The van der Waals surface area contributed by atoms with Crippen LogP contribution >= 0.6 is 0 Å². The molecule has 0 aromatic heterocycles. The van der Waals surface area contributed by atoms with Crippen LogP contribution in [0.15, 0.2) is 206 Å². The molecule has 0 bridgehead atoms.